The number of ether oxygens (including phenoxy) is 1. The fraction of sp³-hybridized carbons (Fsp3) is 1.00. The van der Waals surface area contributed by atoms with Gasteiger partial charge in [0, 0.05) is 25.7 Å². The smallest absolute Gasteiger partial charge is 0.0724 e. The molecule has 3 aliphatic rings. The van der Waals surface area contributed by atoms with E-state index < -0.39 is 0 Å². The molecule has 0 bridgehead atoms. The predicted molar refractivity (Wildman–Crippen MR) is 69.1 cm³/mol. The van der Waals surface area contributed by atoms with Crippen LogP contribution in [0.5, 0.6) is 0 Å². The lowest BCUT2D eigenvalue weighted by Crippen LogP contribution is -2.45. The van der Waals surface area contributed by atoms with Crippen molar-refractivity contribution in [2.75, 3.05) is 20.2 Å². The molecule has 3 rings (SSSR count). The van der Waals surface area contributed by atoms with Crippen LogP contribution >= 0.6 is 0 Å². The van der Waals surface area contributed by atoms with E-state index >= 15 is 0 Å². The maximum absolute atomic E-state index is 5.54. The molecular weight excluding hydrogens is 212 g/mol. The third-order valence-corrected chi connectivity index (χ3v) is 5.23. The summed E-state index contributed by atoms with van der Waals surface area (Å²) < 4.78 is 5.54. The van der Waals surface area contributed by atoms with Crippen molar-refractivity contribution in [1.29, 1.82) is 0 Å². The Morgan fingerprint density at radius 1 is 1.18 bits per heavy atom. The first-order valence-electron chi connectivity index (χ1n) is 7.38. The number of hydrogen-bond donors (Lipinski definition) is 2. The lowest BCUT2D eigenvalue weighted by atomic mass is 9.94. The summed E-state index contributed by atoms with van der Waals surface area (Å²) in [5, 5.41) is 7.46. The standard InChI is InChI=1S/C14H26N2O/c1-17-14-7-3-6-12(14)16-9-13-11-5-2-4-10(11)8-15-13/h10-16H,2-9H2,1H3. The fourth-order valence-corrected chi connectivity index (χ4v) is 4.25. The normalized spacial score (nSPS) is 45.4. The molecule has 0 aromatic carbocycles. The molecule has 2 N–H and O–H groups in total. The second-order valence-corrected chi connectivity index (χ2v) is 6.09. The highest BCUT2D eigenvalue weighted by Crippen LogP contribution is 2.37. The van der Waals surface area contributed by atoms with Gasteiger partial charge in [0.25, 0.3) is 0 Å². The second kappa shape index (κ2) is 5.25. The van der Waals surface area contributed by atoms with Crippen molar-refractivity contribution in [3.63, 3.8) is 0 Å². The van der Waals surface area contributed by atoms with Crippen LogP contribution in [0.2, 0.25) is 0 Å². The lowest BCUT2D eigenvalue weighted by molar-refractivity contribution is 0.0840. The van der Waals surface area contributed by atoms with Gasteiger partial charge in [-0.2, -0.15) is 0 Å². The zero-order chi connectivity index (χ0) is 11.7. The summed E-state index contributed by atoms with van der Waals surface area (Å²) in [6, 6.07) is 1.32. The summed E-state index contributed by atoms with van der Waals surface area (Å²) in [5.74, 6) is 1.92. The van der Waals surface area contributed by atoms with Crippen molar-refractivity contribution in [2.45, 2.75) is 56.7 Å². The SMILES string of the molecule is COC1CCCC1NCC1NCC2CCCC21. The van der Waals surface area contributed by atoms with Gasteiger partial charge in [-0.25, -0.2) is 0 Å². The van der Waals surface area contributed by atoms with E-state index in [9.17, 15) is 0 Å². The molecule has 0 aromatic heterocycles. The Hall–Kier alpha value is -0.120. The van der Waals surface area contributed by atoms with Crippen LogP contribution in [0.3, 0.4) is 0 Å². The summed E-state index contributed by atoms with van der Waals surface area (Å²) in [4.78, 5) is 0. The zero-order valence-corrected chi connectivity index (χ0v) is 11.0. The van der Waals surface area contributed by atoms with Crippen molar-refractivity contribution >= 4 is 0 Å². The number of methoxy groups -OCH3 is 1. The third kappa shape index (κ3) is 2.38. The fourth-order valence-electron chi connectivity index (χ4n) is 4.25. The van der Waals surface area contributed by atoms with Crippen molar-refractivity contribution in [3.8, 4) is 0 Å². The van der Waals surface area contributed by atoms with Gasteiger partial charge in [-0.1, -0.05) is 6.42 Å². The van der Waals surface area contributed by atoms with Gasteiger partial charge in [-0.15, -0.1) is 0 Å². The third-order valence-electron chi connectivity index (χ3n) is 5.23. The first-order valence-corrected chi connectivity index (χ1v) is 7.38. The Kier molecular flexibility index (Phi) is 3.69. The highest BCUT2D eigenvalue weighted by Gasteiger charge is 2.39. The molecular formula is C14H26N2O. The molecule has 3 fully saturated rings. The quantitative estimate of drug-likeness (QED) is 0.779. The van der Waals surface area contributed by atoms with Gasteiger partial charge in [0.15, 0.2) is 0 Å². The van der Waals surface area contributed by atoms with E-state index in [2.05, 4.69) is 10.6 Å². The van der Waals surface area contributed by atoms with Gasteiger partial charge in [0.1, 0.15) is 0 Å². The molecule has 98 valence electrons. The molecule has 3 heteroatoms. The predicted octanol–water partition coefficient (Wildman–Crippen LogP) is 1.53. The Morgan fingerprint density at radius 2 is 2.06 bits per heavy atom. The first-order chi connectivity index (χ1) is 8.38. The molecule has 1 saturated heterocycles. The van der Waals surface area contributed by atoms with Crippen LogP contribution in [-0.4, -0.2) is 38.4 Å². The van der Waals surface area contributed by atoms with E-state index in [1.165, 1.54) is 45.1 Å². The van der Waals surface area contributed by atoms with E-state index in [-0.39, 0.29) is 0 Å². The molecule has 5 unspecified atom stereocenters. The summed E-state index contributed by atoms with van der Waals surface area (Å²) in [7, 11) is 1.85. The molecule has 2 aliphatic carbocycles. The molecule has 0 amide bonds. The van der Waals surface area contributed by atoms with Crippen LogP contribution in [0.25, 0.3) is 0 Å². The van der Waals surface area contributed by atoms with Gasteiger partial charge in [-0.3, -0.25) is 0 Å². The second-order valence-electron chi connectivity index (χ2n) is 6.09. The highest BCUT2D eigenvalue weighted by molar-refractivity contribution is 4.96. The Bertz CT molecular complexity index is 259. The molecule has 2 saturated carbocycles. The summed E-state index contributed by atoms with van der Waals surface area (Å²) in [6.45, 7) is 2.40. The Balaban J connectivity index is 1.48. The minimum atomic E-state index is 0.454. The monoisotopic (exact) mass is 238 g/mol. The summed E-state index contributed by atoms with van der Waals surface area (Å²) in [5.41, 5.74) is 0. The minimum Gasteiger partial charge on any atom is -0.380 e. The van der Waals surface area contributed by atoms with E-state index in [0.717, 1.165) is 24.4 Å². The van der Waals surface area contributed by atoms with Gasteiger partial charge in [0.05, 0.1) is 6.10 Å². The van der Waals surface area contributed by atoms with E-state index in [1.807, 2.05) is 7.11 Å². The zero-order valence-electron chi connectivity index (χ0n) is 11.0. The maximum atomic E-state index is 5.54. The van der Waals surface area contributed by atoms with Crippen LogP contribution in [0.15, 0.2) is 0 Å². The molecule has 0 spiro atoms. The number of hydrogen-bond acceptors (Lipinski definition) is 3. The molecule has 3 nitrogen and oxygen atoms in total. The lowest BCUT2D eigenvalue weighted by Gasteiger charge is -2.24. The van der Waals surface area contributed by atoms with E-state index in [1.54, 1.807) is 0 Å². The highest BCUT2D eigenvalue weighted by atomic mass is 16.5. The Morgan fingerprint density at radius 3 is 2.94 bits per heavy atom. The van der Waals surface area contributed by atoms with Crippen molar-refractivity contribution in [1.82, 2.24) is 10.6 Å². The van der Waals surface area contributed by atoms with Crippen LogP contribution in [0.4, 0.5) is 0 Å². The number of nitrogens with one attached hydrogen (secondary N) is 2. The molecule has 1 aliphatic heterocycles. The minimum absolute atomic E-state index is 0.454. The average Bonchev–Trinajstić information content (AvgIpc) is 3.03. The number of fused-ring (bicyclic) bond motifs is 1. The van der Waals surface area contributed by atoms with Gasteiger partial charge in [-0.05, 0) is 50.5 Å². The average molecular weight is 238 g/mol. The molecule has 17 heavy (non-hydrogen) atoms. The molecule has 0 aromatic rings. The van der Waals surface area contributed by atoms with Gasteiger partial charge in [0.2, 0.25) is 0 Å². The molecule has 0 radical (unpaired) electrons. The number of rotatable bonds is 4. The van der Waals surface area contributed by atoms with Crippen LogP contribution in [0, 0.1) is 11.8 Å². The van der Waals surface area contributed by atoms with Crippen molar-refractivity contribution in [3.05, 3.63) is 0 Å². The maximum Gasteiger partial charge on any atom is 0.0724 e. The van der Waals surface area contributed by atoms with Crippen molar-refractivity contribution < 1.29 is 4.74 Å². The first kappa shape index (κ1) is 11.9. The largest absolute Gasteiger partial charge is 0.380 e. The summed E-state index contributed by atoms with van der Waals surface area (Å²) >= 11 is 0. The van der Waals surface area contributed by atoms with E-state index in [4.69, 9.17) is 4.74 Å². The van der Waals surface area contributed by atoms with Gasteiger partial charge >= 0.3 is 0 Å². The van der Waals surface area contributed by atoms with Gasteiger partial charge < -0.3 is 15.4 Å². The molecule has 1 heterocycles. The van der Waals surface area contributed by atoms with Crippen LogP contribution in [-0.2, 0) is 4.74 Å². The van der Waals surface area contributed by atoms with E-state index in [0.29, 0.717) is 12.1 Å². The topological polar surface area (TPSA) is 33.3 Å². The summed E-state index contributed by atoms with van der Waals surface area (Å²) in [6.07, 6.45) is 8.66. The van der Waals surface area contributed by atoms with Crippen LogP contribution < -0.4 is 10.6 Å². The van der Waals surface area contributed by atoms with Crippen molar-refractivity contribution in [2.24, 2.45) is 11.8 Å². The Labute approximate surface area is 105 Å². The van der Waals surface area contributed by atoms with Crippen LogP contribution in [0.1, 0.15) is 38.5 Å². The molecule has 5 atom stereocenters.